The molecule has 102 valence electrons. The predicted molar refractivity (Wildman–Crippen MR) is 64.7 cm³/mol. The average Bonchev–Trinajstić information content (AvgIpc) is 2.94. The summed E-state index contributed by atoms with van der Waals surface area (Å²) >= 11 is 0. The smallest absolute Gasteiger partial charge is 0.167 e. The van der Waals surface area contributed by atoms with Crippen molar-refractivity contribution in [3.8, 4) is 0 Å². The molecule has 0 amide bonds. The van der Waals surface area contributed by atoms with Gasteiger partial charge in [0.25, 0.3) is 0 Å². The number of ether oxygens (including phenoxy) is 1. The first-order chi connectivity index (χ1) is 9.13. The third-order valence-electron chi connectivity index (χ3n) is 3.26. The Bertz CT molecular complexity index is 602. The molecule has 1 aliphatic heterocycles. The largest absolute Gasteiger partial charge is 0.394 e. The highest BCUT2D eigenvalue weighted by Crippen LogP contribution is 2.30. The second kappa shape index (κ2) is 4.38. The molecule has 0 radical (unpaired) electrons. The molecule has 2 aromatic heterocycles. The third-order valence-corrected chi connectivity index (χ3v) is 3.26. The van der Waals surface area contributed by atoms with Crippen LogP contribution in [-0.4, -0.2) is 54.6 Å². The van der Waals surface area contributed by atoms with Crippen LogP contribution >= 0.6 is 0 Å². The van der Waals surface area contributed by atoms with Crippen LogP contribution in [0.15, 0.2) is 12.7 Å². The van der Waals surface area contributed by atoms with E-state index in [4.69, 9.17) is 21.3 Å². The van der Waals surface area contributed by atoms with Gasteiger partial charge < -0.3 is 26.4 Å². The van der Waals surface area contributed by atoms with Crippen LogP contribution < -0.4 is 11.5 Å². The first kappa shape index (κ1) is 12.2. The van der Waals surface area contributed by atoms with Crippen molar-refractivity contribution >= 4 is 17.0 Å². The molecule has 9 nitrogen and oxygen atoms in total. The van der Waals surface area contributed by atoms with Gasteiger partial charge in [-0.25, -0.2) is 15.0 Å². The number of fused-ring (bicyclic) bond motifs is 1. The summed E-state index contributed by atoms with van der Waals surface area (Å²) in [5, 5.41) is 19.0. The minimum atomic E-state index is -0.952. The van der Waals surface area contributed by atoms with Crippen molar-refractivity contribution in [2.45, 2.75) is 24.5 Å². The molecule has 0 unspecified atom stereocenters. The maximum Gasteiger partial charge on any atom is 0.167 e. The van der Waals surface area contributed by atoms with Crippen LogP contribution in [0.1, 0.15) is 6.23 Å². The van der Waals surface area contributed by atoms with E-state index in [2.05, 4.69) is 15.0 Å². The molecular formula is C10H14N6O3. The van der Waals surface area contributed by atoms with Gasteiger partial charge in [-0.15, -0.1) is 0 Å². The van der Waals surface area contributed by atoms with Gasteiger partial charge in [0.05, 0.1) is 19.0 Å². The molecule has 1 saturated heterocycles. The number of nitrogen functional groups attached to an aromatic ring is 1. The van der Waals surface area contributed by atoms with Crippen LogP contribution in [0.4, 0.5) is 5.82 Å². The van der Waals surface area contributed by atoms with E-state index in [1.165, 1.54) is 12.7 Å². The Morgan fingerprint density at radius 1 is 1.37 bits per heavy atom. The van der Waals surface area contributed by atoms with Gasteiger partial charge in [0.1, 0.15) is 24.1 Å². The lowest BCUT2D eigenvalue weighted by atomic mass is 10.1. The SMILES string of the molecule is Nc1ncnc2c1ncn2[C@H]1O[C@@H](CO)[C@@H](O)[C@@H]1N. The van der Waals surface area contributed by atoms with Gasteiger partial charge in [-0.1, -0.05) is 0 Å². The summed E-state index contributed by atoms with van der Waals surface area (Å²) in [5.74, 6) is 0.259. The summed E-state index contributed by atoms with van der Waals surface area (Å²) in [6.07, 6.45) is 0.456. The second-order valence-corrected chi connectivity index (χ2v) is 4.40. The maximum absolute atomic E-state index is 9.85. The van der Waals surface area contributed by atoms with Crippen LogP contribution in [-0.2, 0) is 4.74 Å². The zero-order valence-corrected chi connectivity index (χ0v) is 9.92. The predicted octanol–water partition coefficient (Wildman–Crippen LogP) is -2.01. The topological polar surface area (TPSA) is 145 Å². The lowest BCUT2D eigenvalue weighted by molar-refractivity contribution is -0.0437. The van der Waals surface area contributed by atoms with Gasteiger partial charge >= 0.3 is 0 Å². The van der Waals surface area contributed by atoms with Gasteiger partial charge in [0.15, 0.2) is 17.7 Å². The van der Waals surface area contributed by atoms with E-state index in [1.54, 1.807) is 4.57 Å². The van der Waals surface area contributed by atoms with Crippen molar-refractivity contribution in [2.24, 2.45) is 5.73 Å². The van der Waals surface area contributed by atoms with Crippen molar-refractivity contribution in [1.82, 2.24) is 19.5 Å². The summed E-state index contributed by atoms with van der Waals surface area (Å²) in [5.41, 5.74) is 12.5. The summed E-state index contributed by atoms with van der Waals surface area (Å²) < 4.78 is 7.10. The van der Waals surface area contributed by atoms with Crippen LogP contribution in [0.3, 0.4) is 0 Å². The molecular weight excluding hydrogens is 252 g/mol. The van der Waals surface area contributed by atoms with Crippen molar-refractivity contribution in [2.75, 3.05) is 12.3 Å². The third kappa shape index (κ3) is 1.75. The molecule has 0 spiro atoms. The van der Waals surface area contributed by atoms with E-state index < -0.39 is 24.5 Å². The van der Waals surface area contributed by atoms with Crippen molar-refractivity contribution in [3.05, 3.63) is 12.7 Å². The molecule has 2 aromatic rings. The number of aliphatic hydroxyl groups is 2. The summed E-state index contributed by atoms with van der Waals surface area (Å²) in [7, 11) is 0. The van der Waals surface area contributed by atoms with Gasteiger partial charge in [-0.05, 0) is 0 Å². The molecule has 6 N–H and O–H groups in total. The monoisotopic (exact) mass is 266 g/mol. The Morgan fingerprint density at radius 3 is 2.84 bits per heavy atom. The number of imidazole rings is 1. The summed E-state index contributed by atoms with van der Waals surface area (Å²) in [6, 6.07) is -0.689. The van der Waals surface area contributed by atoms with Crippen molar-refractivity contribution < 1.29 is 14.9 Å². The normalized spacial score (nSPS) is 31.1. The molecule has 0 aromatic carbocycles. The molecule has 1 aliphatic rings. The van der Waals surface area contributed by atoms with Crippen LogP contribution in [0, 0.1) is 0 Å². The number of nitrogens with zero attached hydrogens (tertiary/aromatic N) is 4. The fourth-order valence-electron chi connectivity index (χ4n) is 2.23. The first-order valence-electron chi connectivity index (χ1n) is 5.76. The van der Waals surface area contributed by atoms with E-state index in [9.17, 15) is 5.11 Å². The highest BCUT2D eigenvalue weighted by Gasteiger charge is 2.42. The molecule has 0 aliphatic carbocycles. The Balaban J connectivity index is 2.04. The van der Waals surface area contributed by atoms with E-state index in [0.717, 1.165) is 0 Å². The first-order valence-corrected chi connectivity index (χ1v) is 5.76. The summed E-state index contributed by atoms with van der Waals surface area (Å²) in [6.45, 7) is -0.310. The highest BCUT2D eigenvalue weighted by molar-refractivity contribution is 5.81. The number of nitrogens with two attached hydrogens (primary N) is 2. The Hall–Kier alpha value is -1.81. The van der Waals surface area contributed by atoms with E-state index in [1.807, 2.05) is 0 Å². The average molecular weight is 266 g/mol. The van der Waals surface area contributed by atoms with Crippen LogP contribution in [0.2, 0.25) is 0 Å². The zero-order chi connectivity index (χ0) is 13.6. The molecule has 0 saturated carbocycles. The molecule has 3 rings (SSSR count). The number of hydrogen-bond acceptors (Lipinski definition) is 8. The molecule has 9 heteroatoms. The van der Waals surface area contributed by atoms with Gasteiger partial charge in [0, 0.05) is 0 Å². The minimum Gasteiger partial charge on any atom is -0.394 e. The number of anilines is 1. The van der Waals surface area contributed by atoms with Gasteiger partial charge in [-0.2, -0.15) is 0 Å². The van der Waals surface area contributed by atoms with Gasteiger partial charge in [0.2, 0.25) is 0 Å². The van der Waals surface area contributed by atoms with Gasteiger partial charge in [-0.3, -0.25) is 4.57 Å². The molecule has 0 bridgehead atoms. The molecule has 3 heterocycles. The fraction of sp³-hybridized carbons (Fsp3) is 0.500. The molecule has 19 heavy (non-hydrogen) atoms. The zero-order valence-electron chi connectivity index (χ0n) is 9.92. The molecule has 1 fully saturated rings. The Morgan fingerprint density at radius 2 is 2.16 bits per heavy atom. The fourth-order valence-corrected chi connectivity index (χ4v) is 2.23. The van der Waals surface area contributed by atoms with Crippen molar-refractivity contribution in [3.63, 3.8) is 0 Å². The second-order valence-electron chi connectivity index (χ2n) is 4.40. The standard InChI is InChI=1S/C10H14N6O3/c11-5-7(18)4(1-17)19-10(5)16-3-15-6-8(12)13-2-14-9(6)16/h2-5,7,10,17-18H,1,11H2,(H2,12,13,14)/t4-,5-,7+,10-/m0/s1. The van der Waals surface area contributed by atoms with E-state index in [-0.39, 0.29) is 12.4 Å². The quantitative estimate of drug-likeness (QED) is 0.487. The van der Waals surface area contributed by atoms with E-state index >= 15 is 0 Å². The Kier molecular flexibility index (Phi) is 2.82. The van der Waals surface area contributed by atoms with E-state index in [0.29, 0.717) is 11.2 Å². The van der Waals surface area contributed by atoms with Crippen LogP contribution in [0.5, 0.6) is 0 Å². The molecule has 4 atom stereocenters. The number of rotatable bonds is 2. The maximum atomic E-state index is 9.85. The summed E-state index contributed by atoms with van der Waals surface area (Å²) in [4.78, 5) is 12.0. The number of aromatic nitrogens is 4. The lowest BCUT2D eigenvalue weighted by Crippen LogP contribution is -2.39. The lowest BCUT2D eigenvalue weighted by Gasteiger charge is -2.17. The number of aliphatic hydroxyl groups excluding tert-OH is 2. The highest BCUT2D eigenvalue weighted by atomic mass is 16.5. The van der Waals surface area contributed by atoms with Crippen molar-refractivity contribution in [1.29, 1.82) is 0 Å². The van der Waals surface area contributed by atoms with Crippen LogP contribution in [0.25, 0.3) is 11.2 Å². The minimum absolute atomic E-state index is 0.259. The number of hydrogen-bond donors (Lipinski definition) is 4. The Labute approximate surface area is 107 Å².